The summed E-state index contributed by atoms with van der Waals surface area (Å²) < 4.78 is 27.2. The average Bonchev–Trinajstić information content (AvgIpc) is 2.86. The highest BCUT2D eigenvalue weighted by atomic mass is 32.2. The molecule has 2 aromatic rings. The van der Waals surface area contributed by atoms with Crippen molar-refractivity contribution in [3.05, 3.63) is 59.7 Å². The van der Waals surface area contributed by atoms with Gasteiger partial charge in [-0.15, -0.1) is 0 Å². The van der Waals surface area contributed by atoms with Gasteiger partial charge in [0.05, 0.1) is 10.6 Å². The molecule has 0 saturated carbocycles. The predicted molar refractivity (Wildman–Crippen MR) is 85.8 cm³/mol. The van der Waals surface area contributed by atoms with E-state index in [1.807, 2.05) is 31.2 Å². The molecular weight excluding hydrogens is 298 g/mol. The van der Waals surface area contributed by atoms with Gasteiger partial charge in [0, 0.05) is 18.0 Å². The van der Waals surface area contributed by atoms with E-state index in [1.165, 1.54) is 23.4 Å². The summed E-state index contributed by atoms with van der Waals surface area (Å²) in [7, 11) is -3.61. The zero-order valence-electron chi connectivity index (χ0n) is 12.5. The summed E-state index contributed by atoms with van der Waals surface area (Å²) in [6.07, 6.45) is 0. The number of benzene rings is 2. The van der Waals surface area contributed by atoms with Crippen LogP contribution in [0, 0.1) is 0 Å². The van der Waals surface area contributed by atoms with E-state index in [2.05, 4.69) is 0 Å². The summed E-state index contributed by atoms with van der Waals surface area (Å²) in [4.78, 5) is 11.5. The first-order valence-corrected chi connectivity index (χ1v) is 8.58. The number of carbonyl (C=O) groups excluding carboxylic acids is 1. The van der Waals surface area contributed by atoms with Gasteiger partial charge in [-0.3, -0.25) is 9.10 Å². The topological polar surface area (TPSA) is 54.5 Å². The number of para-hydroxylation sites is 1. The summed E-state index contributed by atoms with van der Waals surface area (Å²) in [6.45, 7) is 3.92. The van der Waals surface area contributed by atoms with Crippen molar-refractivity contribution in [2.45, 2.75) is 24.7 Å². The molecule has 0 fully saturated rings. The Labute approximate surface area is 130 Å². The van der Waals surface area contributed by atoms with Gasteiger partial charge in [0.25, 0.3) is 10.0 Å². The minimum atomic E-state index is -3.61. The number of hydrogen-bond acceptors (Lipinski definition) is 3. The third-order valence-electron chi connectivity index (χ3n) is 4.02. The summed E-state index contributed by atoms with van der Waals surface area (Å²) in [5.74, 6) is 0.0894. The minimum Gasteiger partial charge on any atom is -0.295 e. The van der Waals surface area contributed by atoms with Gasteiger partial charge < -0.3 is 0 Å². The van der Waals surface area contributed by atoms with Crippen LogP contribution < -0.4 is 4.31 Å². The largest absolute Gasteiger partial charge is 0.295 e. The van der Waals surface area contributed by atoms with Crippen LogP contribution in [-0.2, 0) is 10.0 Å². The van der Waals surface area contributed by atoms with Crippen molar-refractivity contribution in [2.75, 3.05) is 10.8 Å². The molecule has 2 aromatic carbocycles. The molecule has 3 rings (SSSR count). The second-order valence-electron chi connectivity index (χ2n) is 5.58. The molecule has 4 nitrogen and oxygen atoms in total. The third-order valence-corrected chi connectivity index (χ3v) is 5.82. The van der Waals surface area contributed by atoms with Crippen LogP contribution in [-0.4, -0.2) is 20.7 Å². The Kier molecular flexibility index (Phi) is 3.53. The molecule has 1 atom stereocenters. The highest BCUT2D eigenvalue weighted by Gasteiger charge is 2.34. The van der Waals surface area contributed by atoms with E-state index in [1.54, 1.807) is 12.1 Å². The fourth-order valence-corrected chi connectivity index (χ4v) is 4.37. The summed E-state index contributed by atoms with van der Waals surface area (Å²) in [6, 6.07) is 13.7. The molecule has 1 aliphatic heterocycles. The first-order valence-electron chi connectivity index (χ1n) is 7.14. The Bertz CT molecular complexity index is 825. The molecule has 0 saturated heterocycles. The lowest BCUT2D eigenvalue weighted by Crippen LogP contribution is -2.29. The first kappa shape index (κ1) is 14.8. The van der Waals surface area contributed by atoms with E-state index in [-0.39, 0.29) is 16.6 Å². The van der Waals surface area contributed by atoms with E-state index >= 15 is 0 Å². The Morgan fingerprint density at radius 1 is 1.09 bits per heavy atom. The van der Waals surface area contributed by atoms with Gasteiger partial charge in [-0.05, 0) is 30.7 Å². The number of hydrogen-bond donors (Lipinski definition) is 0. The highest BCUT2D eigenvalue weighted by Crippen LogP contribution is 2.39. The van der Waals surface area contributed by atoms with Crippen LogP contribution in [0.5, 0.6) is 0 Å². The Morgan fingerprint density at radius 3 is 2.36 bits per heavy atom. The number of carbonyl (C=O) groups is 1. The Morgan fingerprint density at radius 2 is 1.73 bits per heavy atom. The molecule has 114 valence electrons. The van der Waals surface area contributed by atoms with E-state index in [0.29, 0.717) is 12.1 Å². The predicted octanol–water partition coefficient (Wildman–Crippen LogP) is 3.20. The normalized spacial score (nSPS) is 17.4. The maximum absolute atomic E-state index is 12.9. The van der Waals surface area contributed by atoms with Crippen molar-refractivity contribution in [1.82, 2.24) is 0 Å². The molecule has 22 heavy (non-hydrogen) atoms. The number of sulfonamides is 1. The summed E-state index contributed by atoms with van der Waals surface area (Å²) >= 11 is 0. The van der Waals surface area contributed by atoms with E-state index < -0.39 is 10.0 Å². The van der Waals surface area contributed by atoms with Gasteiger partial charge in [0.1, 0.15) is 0 Å². The fraction of sp³-hybridized carbons (Fsp3) is 0.235. The quantitative estimate of drug-likeness (QED) is 0.817. The maximum Gasteiger partial charge on any atom is 0.264 e. The number of anilines is 1. The fourth-order valence-electron chi connectivity index (χ4n) is 2.79. The summed E-state index contributed by atoms with van der Waals surface area (Å²) in [5.41, 5.74) is 2.30. The number of Topliss-reactive ketones (excluding diaryl/α,β-unsaturated/α-hetero) is 1. The molecule has 0 aliphatic carbocycles. The van der Waals surface area contributed by atoms with E-state index in [9.17, 15) is 13.2 Å². The van der Waals surface area contributed by atoms with Crippen molar-refractivity contribution in [3.8, 4) is 0 Å². The van der Waals surface area contributed by atoms with Gasteiger partial charge in [0.2, 0.25) is 0 Å². The van der Waals surface area contributed by atoms with Crippen LogP contribution in [0.4, 0.5) is 5.69 Å². The van der Waals surface area contributed by atoms with Gasteiger partial charge in [0.15, 0.2) is 5.78 Å². The minimum absolute atomic E-state index is 0.0795. The van der Waals surface area contributed by atoms with Crippen LogP contribution >= 0.6 is 0 Å². The van der Waals surface area contributed by atoms with Crippen LogP contribution in [0.1, 0.15) is 35.7 Å². The van der Waals surface area contributed by atoms with E-state index in [4.69, 9.17) is 0 Å². The van der Waals surface area contributed by atoms with Gasteiger partial charge in [-0.2, -0.15) is 0 Å². The van der Waals surface area contributed by atoms with Crippen LogP contribution in [0.25, 0.3) is 0 Å². The van der Waals surface area contributed by atoms with Crippen molar-refractivity contribution in [3.63, 3.8) is 0 Å². The third kappa shape index (κ3) is 2.31. The van der Waals surface area contributed by atoms with Crippen LogP contribution in [0.3, 0.4) is 0 Å². The molecule has 1 aliphatic rings. The SMILES string of the molecule is CC(=O)c1ccc(S(=O)(=O)N2CC(C)c3ccccc32)cc1. The molecule has 0 spiro atoms. The van der Waals surface area contributed by atoms with Gasteiger partial charge in [-0.1, -0.05) is 37.3 Å². The van der Waals surface area contributed by atoms with Crippen LogP contribution in [0.15, 0.2) is 53.4 Å². The molecule has 0 amide bonds. The van der Waals surface area contributed by atoms with Gasteiger partial charge in [-0.25, -0.2) is 8.42 Å². The van der Waals surface area contributed by atoms with Crippen molar-refractivity contribution in [1.29, 1.82) is 0 Å². The number of ketones is 1. The zero-order valence-corrected chi connectivity index (χ0v) is 13.3. The Balaban J connectivity index is 2.02. The number of fused-ring (bicyclic) bond motifs is 1. The molecule has 1 heterocycles. The van der Waals surface area contributed by atoms with Crippen molar-refractivity contribution >= 4 is 21.5 Å². The average molecular weight is 315 g/mol. The molecule has 0 radical (unpaired) electrons. The smallest absolute Gasteiger partial charge is 0.264 e. The number of rotatable bonds is 3. The molecule has 0 aromatic heterocycles. The molecule has 0 bridgehead atoms. The zero-order chi connectivity index (χ0) is 15.9. The summed E-state index contributed by atoms with van der Waals surface area (Å²) in [5, 5.41) is 0. The van der Waals surface area contributed by atoms with Gasteiger partial charge >= 0.3 is 0 Å². The lowest BCUT2D eigenvalue weighted by Gasteiger charge is -2.20. The lowest BCUT2D eigenvalue weighted by molar-refractivity contribution is 0.101. The second kappa shape index (κ2) is 5.25. The highest BCUT2D eigenvalue weighted by molar-refractivity contribution is 7.92. The first-order chi connectivity index (χ1) is 10.4. The maximum atomic E-state index is 12.9. The van der Waals surface area contributed by atoms with Crippen LogP contribution in [0.2, 0.25) is 0 Å². The lowest BCUT2D eigenvalue weighted by atomic mass is 10.0. The number of nitrogens with zero attached hydrogens (tertiary/aromatic N) is 1. The Hall–Kier alpha value is -2.14. The second-order valence-corrected chi connectivity index (χ2v) is 7.44. The van der Waals surface area contributed by atoms with Crippen molar-refractivity contribution < 1.29 is 13.2 Å². The van der Waals surface area contributed by atoms with E-state index in [0.717, 1.165) is 11.3 Å². The standard InChI is InChI=1S/C17H17NO3S/c1-12-11-18(17-6-4-3-5-16(12)17)22(20,21)15-9-7-14(8-10-15)13(2)19/h3-10,12H,11H2,1-2H3. The van der Waals surface area contributed by atoms with Crippen molar-refractivity contribution in [2.24, 2.45) is 0 Å². The monoisotopic (exact) mass is 315 g/mol. The molecule has 5 heteroatoms. The molecular formula is C17H17NO3S. The molecule has 0 N–H and O–H groups in total. The molecule has 1 unspecified atom stereocenters.